The van der Waals surface area contributed by atoms with Crippen LogP contribution in [0.5, 0.6) is 0 Å². The molecule has 1 aliphatic carbocycles. The topological polar surface area (TPSA) is 34.0 Å². The molecular weight excluding hydrogens is 344 g/mol. The van der Waals surface area contributed by atoms with Gasteiger partial charge >= 0.3 is 0 Å². The number of fused-ring (bicyclic) bond motifs is 2. The molecule has 0 amide bonds. The second-order valence-electron chi connectivity index (χ2n) is 9.08. The van der Waals surface area contributed by atoms with Crippen LogP contribution in [0.2, 0.25) is 0 Å². The van der Waals surface area contributed by atoms with E-state index in [1.54, 1.807) is 0 Å². The zero-order chi connectivity index (χ0) is 19.5. The molecule has 3 nitrogen and oxygen atoms in total. The Morgan fingerprint density at radius 1 is 1.04 bits per heavy atom. The molecule has 0 unspecified atom stereocenters. The highest BCUT2D eigenvalue weighted by molar-refractivity contribution is 6.01. The number of aryl methyl sites for hydroxylation is 1. The first kappa shape index (κ1) is 17.3. The Bertz CT molecular complexity index is 1130. The van der Waals surface area contributed by atoms with Crippen molar-refractivity contribution < 1.29 is 4.79 Å². The smallest absolute Gasteiger partial charge is 0.161 e. The Balaban J connectivity index is 1.76. The fraction of sp³-hybridized carbons (Fsp3) is 0.320. The first-order valence-electron chi connectivity index (χ1n) is 10.1. The van der Waals surface area contributed by atoms with Crippen molar-refractivity contribution in [1.82, 2.24) is 4.57 Å². The number of anilines is 1. The van der Waals surface area contributed by atoms with Crippen LogP contribution in [0.15, 0.2) is 66.0 Å². The number of nitrogens with one attached hydrogen (secondary N) is 1. The number of Topliss-reactive ketones (excluding diaryl/α,β-unsaturated/α-hetero) is 1. The summed E-state index contributed by atoms with van der Waals surface area (Å²) in [6.07, 6.45) is 4.60. The number of carbonyl (C=O) groups is 1. The third kappa shape index (κ3) is 2.69. The second-order valence-corrected chi connectivity index (χ2v) is 9.08. The van der Waals surface area contributed by atoms with Crippen LogP contribution in [0.1, 0.15) is 43.7 Å². The van der Waals surface area contributed by atoms with E-state index in [0.717, 1.165) is 29.8 Å². The van der Waals surface area contributed by atoms with Gasteiger partial charge in [0.2, 0.25) is 0 Å². The molecule has 0 fully saturated rings. The van der Waals surface area contributed by atoms with Crippen LogP contribution in [0.25, 0.3) is 10.9 Å². The van der Waals surface area contributed by atoms with E-state index in [1.807, 2.05) is 0 Å². The zero-order valence-corrected chi connectivity index (χ0v) is 16.8. The number of aromatic nitrogens is 1. The Morgan fingerprint density at radius 2 is 1.79 bits per heavy atom. The molecule has 2 heterocycles. The number of carbonyl (C=O) groups excluding carboxylic acids is 1. The van der Waals surface area contributed by atoms with E-state index in [-0.39, 0.29) is 11.3 Å². The summed E-state index contributed by atoms with van der Waals surface area (Å²) in [4.78, 5) is 13.4. The minimum atomic E-state index is -0.00843. The maximum Gasteiger partial charge on any atom is 0.161 e. The van der Waals surface area contributed by atoms with Crippen molar-refractivity contribution in [1.29, 1.82) is 0 Å². The lowest BCUT2D eigenvalue weighted by atomic mass is 9.71. The van der Waals surface area contributed by atoms with Crippen molar-refractivity contribution in [3.05, 3.63) is 77.1 Å². The Morgan fingerprint density at radius 3 is 2.64 bits per heavy atom. The molecule has 142 valence electrons. The van der Waals surface area contributed by atoms with Gasteiger partial charge in [-0.3, -0.25) is 4.79 Å². The SMILES string of the molecule is Cn1cc([C@@H]2Cc3ccccc3NC3=C2C(=O)CC(C)(C)C3)c2ccccc21. The van der Waals surface area contributed by atoms with E-state index < -0.39 is 0 Å². The van der Waals surface area contributed by atoms with Crippen molar-refractivity contribution in [2.24, 2.45) is 12.5 Å². The molecule has 1 aliphatic heterocycles. The number of benzene rings is 2. The quantitative estimate of drug-likeness (QED) is 0.607. The number of rotatable bonds is 1. The molecule has 3 aromatic rings. The predicted molar refractivity (Wildman–Crippen MR) is 114 cm³/mol. The highest BCUT2D eigenvalue weighted by atomic mass is 16.1. The van der Waals surface area contributed by atoms with Gasteiger partial charge in [-0.05, 0) is 41.5 Å². The van der Waals surface area contributed by atoms with Gasteiger partial charge in [0, 0.05) is 53.4 Å². The first-order chi connectivity index (χ1) is 13.4. The van der Waals surface area contributed by atoms with Crippen LogP contribution in [0.4, 0.5) is 5.69 Å². The number of para-hydroxylation sites is 2. The van der Waals surface area contributed by atoms with E-state index in [4.69, 9.17) is 0 Å². The molecule has 0 spiro atoms. The van der Waals surface area contributed by atoms with Crippen LogP contribution in [0, 0.1) is 5.41 Å². The van der Waals surface area contributed by atoms with E-state index >= 15 is 0 Å². The molecule has 0 saturated heterocycles. The van der Waals surface area contributed by atoms with E-state index in [1.165, 1.54) is 22.0 Å². The molecule has 0 radical (unpaired) electrons. The number of hydrogen-bond acceptors (Lipinski definition) is 2. The minimum Gasteiger partial charge on any atom is -0.358 e. The average Bonchev–Trinajstić information content (AvgIpc) is 2.88. The Kier molecular flexibility index (Phi) is 3.77. The summed E-state index contributed by atoms with van der Waals surface area (Å²) in [6.45, 7) is 4.39. The van der Waals surface area contributed by atoms with Crippen molar-refractivity contribution >= 4 is 22.4 Å². The summed E-state index contributed by atoms with van der Waals surface area (Å²) in [6, 6.07) is 17.0. The van der Waals surface area contributed by atoms with E-state index in [9.17, 15) is 4.79 Å². The third-order valence-electron chi connectivity index (χ3n) is 6.30. The highest BCUT2D eigenvalue weighted by Crippen LogP contribution is 2.46. The van der Waals surface area contributed by atoms with Gasteiger partial charge in [0.15, 0.2) is 5.78 Å². The van der Waals surface area contributed by atoms with Gasteiger partial charge in [-0.15, -0.1) is 0 Å². The van der Waals surface area contributed by atoms with Crippen LogP contribution >= 0.6 is 0 Å². The second kappa shape index (κ2) is 6.10. The summed E-state index contributed by atoms with van der Waals surface area (Å²) < 4.78 is 2.19. The van der Waals surface area contributed by atoms with Crippen molar-refractivity contribution in [3.63, 3.8) is 0 Å². The lowest BCUT2D eigenvalue weighted by molar-refractivity contribution is -0.118. The molecule has 2 aliphatic rings. The number of allylic oxidation sites excluding steroid dienone is 2. The minimum absolute atomic E-state index is 0.00843. The fourth-order valence-electron chi connectivity index (χ4n) is 5.07. The van der Waals surface area contributed by atoms with Crippen LogP contribution in [0.3, 0.4) is 0 Å². The molecular formula is C25H26N2O. The summed E-state index contributed by atoms with van der Waals surface area (Å²) in [7, 11) is 2.09. The molecule has 0 bridgehead atoms. The summed E-state index contributed by atoms with van der Waals surface area (Å²) >= 11 is 0. The predicted octanol–water partition coefficient (Wildman–Crippen LogP) is 5.57. The molecule has 28 heavy (non-hydrogen) atoms. The zero-order valence-electron chi connectivity index (χ0n) is 16.8. The number of ketones is 1. The van der Waals surface area contributed by atoms with Crippen molar-refractivity contribution in [2.75, 3.05) is 5.32 Å². The highest BCUT2D eigenvalue weighted by Gasteiger charge is 2.39. The monoisotopic (exact) mass is 370 g/mol. The van der Waals surface area contributed by atoms with Gasteiger partial charge < -0.3 is 9.88 Å². The third-order valence-corrected chi connectivity index (χ3v) is 6.30. The molecule has 1 atom stereocenters. The largest absolute Gasteiger partial charge is 0.358 e. The van der Waals surface area contributed by atoms with E-state index in [0.29, 0.717) is 12.2 Å². The summed E-state index contributed by atoms with van der Waals surface area (Å²) in [5, 5.41) is 4.90. The first-order valence-corrected chi connectivity index (χ1v) is 10.1. The van der Waals surface area contributed by atoms with Gasteiger partial charge in [-0.1, -0.05) is 50.2 Å². The van der Waals surface area contributed by atoms with Crippen molar-refractivity contribution in [3.8, 4) is 0 Å². The fourth-order valence-corrected chi connectivity index (χ4v) is 5.07. The van der Waals surface area contributed by atoms with Gasteiger partial charge in [-0.2, -0.15) is 0 Å². The lowest BCUT2D eigenvalue weighted by Crippen LogP contribution is -2.30. The normalized spacial score (nSPS) is 21.1. The summed E-state index contributed by atoms with van der Waals surface area (Å²) in [5.74, 6) is 0.380. The van der Waals surface area contributed by atoms with Crippen LogP contribution in [-0.2, 0) is 18.3 Å². The maximum absolute atomic E-state index is 13.4. The molecule has 2 aromatic carbocycles. The Labute approximate surface area is 166 Å². The maximum atomic E-state index is 13.4. The number of hydrogen-bond donors (Lipinski definition) is 1. The van der Waals surface area contributed by atoms with Gasteiger partial charge in [0.1, 0.15) is 0 Å². The van der Waals surface area contributed by atoms with Crippen molar-refractivity contribution in [2.45, 2.75) is 39.0 Å². The molecule has 1 N–H and O–H groups in total. The average molecular weight is 370 g/mol. The van der Waals surface area contributed by atoms with Gasteiger partial charge in [-0.25, -0.2) is 0 Å². The molecule has 0 saturated carbocycles. The Hall–Kier alpha value is -2.81. The van der Waals surface area contributed by atoms with Gasteiger partial charge in [0.25, 0.3) is 0 Å². The van der Waals surface area contributed by atoms with Gasteiger partial charge in [0.05, 0.1) is 0 Å². The van der Waals surface area contributed by atoms with Crippen LogP contribution < -0.4 is 5.32 Å². The molecule has 5 rings (SSSR count). The molecule has 1 aromatic heterocycles. The standard InChI is InChI=1S/C25H26N2O/c1-25(2)13-21-24(23(28)14-25)18(12-16-8-4-6-10-20(16)26-21)19-15-27(3)22-11-7-5-9-17(19)22/h4-11,15,18,26H,12-14H2,1-3H3/t18-/m0/s1. The summed E-state index contributed by atoms with van der Waals surface area (Å²) in [5.41, 5.74) is 7.00. The lowest BCUT2D eigenvalue weighted by Gasteiger charge is -2.34. The van der Waals surface area contributed by atoms with E-state index in [2.05, 4.69) is 85.5 Å². The molecule has 3 heteroatoms. The van der Waals surface area contributed by atoms with Crippen LogP contribution in [-0.4, -0.2) is 10.4 Å². The number of nitrogens with zero attached hydrogens (tertiary/aromatic N) is 1.